The highest BCUT2D eigenvalue weighted by molar-refractivity contribution is 5.93. The summed E-state index contributed by atoms with van der Waals surface area (Å²) < 4.78 is 7.37. The minimum absolute atomic E-state index is 0.209. The number of hydrogen-bond donors (Lipinski definition) is 2. The molecule has 3 aromatic rings. The molecule has 3 fully saturated rings. The van der Waals surface area contributed by atoms with E-state index in [-0.39, 0.29) is 11.4 Å². The van der Waals surface area contributed by atoms with Gasteiger partial charge in [0.2, 0.25) is 0 Å². The SMILES string of the molecule is C#CC(=O)NC1(C)C2CC(Nc3ccc(-c4cc(OCC)cn5ncc(C#N)c45)cn3)CC1C2. The first-order valence-electron chi connectivity index (χ1n) is 11.5. The highest BCUT2D eigenvalue weighted by atomic mass is 16.5. The Morgan fingerprint density at radius 1 is 1.32 bits per heavy atom. The normalized spacial score (nSPS) is 25.0. The average Bonchev–Trinajstić information content (AvgIpc) is 3.27. The Morgan fingerprint density at radius 3 is 2.76 bits per heavy atom. The van der Waals surface area contributed by atoms with Gasteiger partial charge in [-0.1, -0.05) is 0 Å². The van der Waals surface area contributed by atoms with Crippen LogP contribution in [0.2, 0.25) is 0 Å². The number of fused-ring (bicyclic) bond motifs is 3. The molecule has 172 valence electrons. The quantitative estimate of drug-likeness (QED) is 0.554. The van der Waals surface area contributed by atoms with Crippen molar-refractivity contribution >= 4 is 17.2 Å². The van der Waals surface area contributed by atoms with Crippen LogP contribution in [0.1, 0.15) is 38.7 Å². The Morgan fingerprint density at radius 2 is 2.12 bits per heavy atom. The van der Waals surface area contributed by atoms with Gasteiger partial charge in [0.05, 0.1) is 30.1 Å². The van der Waals surface area contributed by atoms with E-state index in [0.29, 0.717) is 35.8 Å². The zero-order valence-corrected chi connectivity index (χ0v) is 19.2. The molecule has 1 amide bonds. The summed E-state index contributed by atoms with van der Waals surface area (Å²) in [5.74, 6) is 4.13. The fraction of sp³-hybridized carbons (Fsp3) is 0.385. The standard InChI is InChI=1S/C26H26N6O2/c1-4-24(33)31-26(3)18-8-19(26)10-20(9-18)30-23-7-6-16(13-28-23)22-11-21(34-5-2)15-32-25(22)17(12-27)14-29-32/h1,6-7,11,13-15,18-20H,5,8-10H2,2-3H3,(H,28,30)(H,31,33). The van der Waals surface area contributed by atoms with Gasteiger partial charge in [0.1, 0.15) is 17.6 Å². The lowest BCUT2D eigenvalue weighted by atomic mass is 9.51. The molecule has 0 radical (unpaired) electrons. The number of carbonyl (C=O) groups is 1. The summed E-state index contributed by atoms with van der Waals surface area (Å²) in [5.41, 5.74) is 2.75. The number of terminal acetylenes is 1. The first kappa shape index (κ1) is 21.8. The molecule has 2 unspecified atom stereocenters. The number of amides is 1. The van der Waals surface area contributed by atoms with Crippen LogP contribution in [0.25, 0.3) is 16.6 Å². The molecule has 0 spiro atoms. The first-order valence-corrected chi connectivity index (χ1v) is 11.5. The van der Waals surface area contributed by atoms with Crippen molar-refractivity contribution in [1.82, 2.24) is 19.9 Å². The number of nitriles is 1. The minimum Gasteiger partial charge on any atom is -0.492 e. The highest BCUT2D eigenvalue weighted by Crippen LogP contribution is 2.53. The number of ether oxygens (including phenoxy) is 1. The lowest BCUT2D eigenvalue weighted by Gasteiger charge is -2.60. The fourth-order valence-electron chi connectivity index (χ4n) is 5.57. The van der Waals surface area contributed by atoms with Gasteiger partial charge in [-0.05, 0) is 69.1 Å². The van der Waals surface area contributed by atoms with Crippen LogP contribution >= 0.6 is 0 Å². The molecule has 0 aliphatic heterocycles. The van der Waals surface area contributed by atoms with Gasteiger partial charge in [0, 0.05) is 28.9 Å². The Kier molecular flexibility index (Phi) is 5.37. The summed E-state index contributed by atoms with van der Waals surface area (Å²) in [5, 5.41) is 20.4. The molecule has 3 aromatic heterocycles. The van der Waals surface area contributed by atoms with Crippen LogP contribution in [-0.4, -0.2) is 38.7 Å². The van der Waals surface area contributed by atoms with Crippen LogP contribution in [0.5, 0.6) is 5.75 Å². The summed E-state index contributed by atoms with van der Waals surface area (Å²) >= 11 is 0. The average molecular weight is 455 g/mol. The molecule has 3 aliphatic rings. The third-order valence-corrected chi connectivity index (χ3v) is 7.36. The summed E-state index contributed by atoms with van der Waals surface area (Å²) in [4.78, 5) is 16.4. The van der Waals surface area contributed by atoms with Gasteiger partial charge < -0.3 is 15.4 Å². The van der Waals surface area contributed by atoms with E-state index >= 15 is 0 Å². The fourth-order valence-corrected chi connectivity index (χ4v) is 5.57. The van der Waals surface area contributed by atoms with Crippen LogP contribution in [0.4, 0.5) is 5.82 Å². The van der Waals surface area contributed by atoms with Crippen LogP contribution in [0.3, 0.4) is 0 Å². The number of nitrogens with zero attached hydrogens (tertiary/aromatic N) is 4. The molecule has 0 aromatic carbocycles. The molecule has 0 saturated heterocycles. The molecule has 2 N–H and O–H groups in total. The van der Waals surface area contributed by atoms with Gasteiger partial charge in [0.25, 0.3) is 5.91 Å². The zero-order valence-electron chi connectivity index (χ0n) is 19.2. The number of aromatic nitrogens is 3. The molecular formula is C26H26N6O2. The summed E-state index contributed by atoms with van der Waals surface area (Å²) in [6.07, 6.45) is 13.4. The van der Waals surface area contributed by atoms with Crippen molar-refractivity contribution in [3.63, 3.8) is 0 Å². The maximum atomic E-state index is 11.7. The predicted octanol–water partition coefficient (Wildman–Crippen LogP) is 3.39. The largest absolute Gasteiger partial charge is 0.492 e. The van der Waals surface area contributed by atoms with Gasteiger partial charge >= 0.3 is 0 Å². The van der Waals surface area contributed by atoms with Gasteiger partial charge in [-0.25, -0.2) is 9.50 Å². The molecule has 3 saturated carbocycles. The Balaban J connectivity index is 1.34. The molecule has 3 aliphatic carbocycles. The van der Waals surface area contributed by atoms with Crippen LogP contribution < -0.4 is 15.4 Å². The van der Waals surface area contributed by atoms with Crippen molar-refractivity contribution in [3.05, 3.63) is 42.4 Å². The second-order valence-corrected chi connectivity index (χ2v) is 9.24. The number of hydrogen-bond acceptors (Lipinski definition) is 6. The molecule has 8 heteroatoms. The Labute approximate surface area is 198 Å². The van der Waals surface area contributed by atoms with E-state index in [1.807, 2.05) is 31.3 Å². The van der Waals surface area contributed by atoms with Gasteiger partial charge in [0.15, 0.2) is 0 Å². The van der Waals surface area contributed by atoms with Crippen LogP contribution in [0.15, 0.2) is 36.8 Å². The lowest BCUT2D eigenvalue weighted by Crippen LogP contribution is -2.68. The van der Waals surface area contributed by atoms with E-state index in [4.69, 9.17) is 11.2 Å². The predicted molar refractivity (Wildman–Crippen MR) is 128 cm³/mol. The van der Waals surface area contributed by atoms with E-state index in [9.17, 15) is 10.1 Å². The van der Waals surface area contributed by atoms with Gasteiger partial charge in [-0.15, -0.1) is 6.42 Å². The first-order chi connectivity index (χ1) is 16.4. The molecule has 2 atom stereocenters. The number of anilines is 1. The monoisotopic (exact) mass is 454 g/mol. The van der Waals surface area contributed by atoms with E-state index < -0.39 is 0 Å². The maximum absolute atomic E-state index is 11.7. The maximum Gasteiger partial charge on any atom is 0.296 e. The number of nitrogens with one attached hydrogen (secondary N) is 2. The summed E-state index contributed by atoms with van der Waals surface area (Å²) in [6, 6.07) is 8.39. The molecule has 34 heavy (non-hydrogen) atoms. The topological polar surface area (TPSA) is 104 Å². The highest BCUT2D eigenvalue weighted by Gasteiger charge is 2.56. The number of pyridine rings is 2. The van der Waals surface area contributed by atoms with Crippen molar-refractivity contribution in [1.29, 1.82) is 5.26 Å². The molecule has 6 rings (SSSR count). The number of rotatable bonds is 6. The molecule has 2 bridgehead atoms. The van der Waals surface area contributed by atoms with Crippen molar-refractivity contribution in [2.45, 2.75) is 44.7 Å². The van der Waals surface area contributed by atoms with E-state index in [1.165, 1.54) is 0 Å². The van der Waals surface area contributed by atoms with Crippen molar-refractivity contribution in [2.24, 2.45) is 11.8 Å². The minimum atomic E-state index is -0.332. The second-order valence-electron chi connectivity index (χ2n) is 9.24. The Bertz CT molecular complexity index is 1320. The zero-order chi connectivity index (χ0) is 23.9. The molecule has 8 nitrogen and oxygen atoms in total. The second kappa shape index (κ2) is 8.39. The third kappa shape index (κ3) is 3.62. The smallest absolute Gasteiger partial charge is 0.296 e. The van der Waals surface area contributed by atoms with E-state index in [0.717, 1.165) is 41.7 Å². The molecular weight excluding hydrogens is 428 g/mol. The summed E-state index contributed by atoms with van der Waals surface area (Å²) in [6.45, 7) is 4.57. The van der Waals surface area contributed by atoms with Crippen molar-refractivity contribution in [2.75, 3.05) is 11.9 Å². The van der Waals surface area contributed by atoms with Crippen LogP contribution in [-0.2, 0) is 4.79 Å². The summed E-state index contributed by atoms with van der Waals surface area (Å²) in [7, 11) is 0. The van der Waals surface area contributed by atoms with Gasteiger partial charge in [-0.2, -0.15) is 10.4 Å². The van der Waals surface area contributed by atoms with E-state index in [1.54, 1.807) is 16.9 Å². The lowest BCUT2D eigenvalue weighted by molar-refractivity contribution is -0.124. The van der Waals surface area contributed by atoms with Gasteiger partial charge in [-0.3, -0.25) is 4.79 Å². The van der Waals surface area contributed by atoms with Crippen LogP contribution in [0, 0.1) is 35.5 Å². The van der Waals surface area contributed by atoms with Crippen molar-refractivity contribution in [3.8, 4) is 35.3 Å². The van der Waals surface area contributed by atoms with E-state index in [2.05, 4.69) is 39.6 Å². The third-order valence-electron chi connectivity index (χ3n) is 7.36. The van der Waals surface area contributed by atoms with Crippen molar-refractivity contribution < 1.29 is 9.53 Å². The Hall–Kier alpha value is -4.04. The molecule has 3 heterocycles. The number of carbonyl (C=O) groups excluding carboxylic acids is 1.